The lowest BCUT2D eigenvalue weighted by molar-refractivity contribution is 0.0177. The molecule has 0 bridgehead atoms. The fraction of sp³-hybridized carbons (Fsp3) is 0.909. The predicted octanol–water partition coefficient (Wildman–Crippen LogP) is 2.26. The van der Waals surface area contributed by atoms with E-state index in [1.54, 1.807) is 0 Å². The Kier molecular flexibility index (Phi) is 3.93. The highest BCUT2D eigenvalue weighted by molar-refractivity contribution is 5.87. The largest absolute Gasteiger partial charge is 0.368 e. The van der Waals surface area contributed by atoms with Gasteiger partial charge in [-0.05, 0) is 33.1 Å². The van der Waals surface area contributed by atoms with E-state index in [4.69, 9.17) is 10.1 Å². The molecular formula is C11H22N2O. The van der Waals surface area contributed by atoms with Gasteiger partial charge < -0.3 is 9.64 Å². The zero-order valence-electron chi connectivity index (χ0n) is 9.60. The zero-order valence-corrected chi connectivity index (χ0v) is 9.60. The van der Waals surface area contributed by atoms with Crippen molar-refractivity contribution in [1.82, 2.24) is 4.90 Å². The number of hydrogen-bond donors (Lipinski definition) is 1. The lowest BCUT2D eigenvalue weighted by Crippen LogP contribution is -2.47. The second-order valence-corrected chi connectivity index (χ2v) is 4.06. The van der Waals surface area contributed by atoms with Gasteiger partial charge in [-0.1, -0.05) is 6.92 Å². The fourth-order valence-electron chi connectivity index (χ4n) is 1.93. The second-order valence-electron chi connectivity index (χ2n) is 4.06. The molecule has 14 heavy (non-hydrogen) atoms. The summed E-state index contributed by atoms with van der Waals surface area (Å²) in [4.78, 5) is 2.15. The van der Waals surface area contributed by atoms with E-state index < -0.39 is 0 Å². The molecule has 0 aliphatic carbocycles. The molecule has 0 amide bonds. The molecule has 0 spiro atoms. The van der Waals surface area contributed by atoms with Crippen LogP contribution in [0.2, 0.25) is 0 Å². The number of nitrogens with zero attached hydrogens (tertiary/aromatic N) is 1. The molecule has 1 fully saturated rings. The third kappa shape index (κ3) is 2.27. The molecule has 1 atom stereocenters. The van der Waals surface area contributed by atoms with Crippen LogP contribution in [0.3, 0.4) is 0 Å². The average Bonchev–Trinajstić information content (AvgIpc) is 2.69. The van der Waals surface area contributed by atoms with Crippen LogP contribution in [0.25, 0.3) is 0 Å². The van der Waals surface area contributed by atoms with Gasteiger partial charge in [0.05, 0.1) is 0 Å². The molecule has 1 rings (SSSR count). The van der Waals surface area contributed by atoms with Gasteiger partial charge in [-0.15, -0.1) is 0 Å². The molecule has 3 nitrogen and oxygen atoms in total. The van der Waals surface area contributed by atoms with Crippen LogP contribution >= 0.6 is 0 Å². The summed E-state index contributed by atoms with van der Waals surface area (Å²) in [6, 6.07) is 0. The Balaban J connectivity index is 2.62. The highest BCUT2D eigenvalue weighted by Gasteiger charge is 2.32. The van der Waals surface area contributed by atoms with Gasteiger partial charge in [0.15, 0.2) is 0 Å². The van der Waals surface area contributed by atoms with Crippen molar-refractivity contribution in [3.63, 3.8) is 0 Å². The topological polar surface area (TPSA) is 36.3 Å². The monoisotopic (exact) mass is 198 g/mol. The lowest BCUT2D eigenvalue weighted by atomic mass is 10.0. The molecule has 1 N–H and O–H groups in total. The van der Waals surface area contributed by atoms with Crippen LogP contribution in [0, 0.1) is 5.41 Å². The Labute approximate surface area is 86.9 Å². The van der Waals surface area contributed by atoms with Gasteiger partial charge in [-0.2, -0.15) is 0 Å². The van der Waals surface area contributed by atoms with E-state index in [0.717, 1.165) is 19.5 Å². The number of hydrogen-bond acceptors (Lipinski definition) is 2. The standard InChI is InChI=1S/C11H22N2O/c1-4-11(3,14-5-2)10(12)13-8-6-7-9-13/h12H,4-9H2,1-3H3. The van der Waals surface area contributed by atoms with Crippen molar-refractivity contribution in [3.8, 4) is 0 Å². The van der Waals surface area contributed by atoms with E-state index in [0.29, 0.717) is 12.4 Å². The van der Waals surface area contributed by atoms with Crippen molar-refractivity contribution in [1.29, 1.82) is 5.41 Å². The minimum atomic E-state index is -0.376. The first-order chi connectivity index (χ1) is 6.64. The van der Waals surface area contributed by atoms with Crippen LogP contribution in [0.4, 0.5) is 0 Å². The second kappa shape index (κ2) is 4.78. The summed E-state index contributed by atoms with van der Waals surface area (Å²) in [5, 5.41) is 8.14. The van der Waals surface area contributed by atoms with Crippen LogP contribution in [0.1, 0.15) is 40.0 Å². The van der Waals surface area contributed by atoms with Gasteiger partial charge in [0.1, 0.15) is 11.4 Å². The SMILES string of the molecule is CCOC(C)(CC)C(=N)N1CCCC1. The zero-order chi connectivity index (χ0) is 10.6. The maximum Gasteiger partial charge on any atom is 0.128 e. The van der Waals surface area contributed by atoms with Gasteiger partial charge in [-0.25, -0.2) is 0 Å². The van der Waals surface area contributed by atoms with Gasteiger partial charge in [0.2, 0.25) is 0 Å². The molecule has 0 aromatic heterocycles. The lowest BCUT2D eigenvalue weighted by Gasteiger charge is -2.34. The highest BCUT2D eigenvalue weighted by atomic mass is 16.5. The Morgan fingerprint density at radius 3 is 2.36 bits per heavy atom. The first-order valence-corrected chi connectivity index (χ1v) is 5.62. The Bertz CT molecular complexity index is 199. The smallest absolute Gasteiger partial charge is 0.128 e. The van der Waals surface area contributed by atoms with Crippen molar-refractivity contribution < 1.29 is 4.74 Å². The highest BCUT2D eigenvalue weighted by Crippen LogP contribution is 2.21. The molecule has 1 aliphatic rings. The van der Waals surface area contributed by atoms with Crippen molar-refractivity contribution in [2.75, 3.05) is 19.7 Å². The molecule has 0 saturated carbocycles. The van der Waals surface area contributed by atoms with Crippen LogP contribution < -0.4 is 0 Å². The minimum Gasteiger partial charge on any atom is -0.368 e. The summed E-state index contributed by atoms with van der Waals surface area (Å²) in [7, 11) is 0. The third-order valence-electron chi connectivity index (χ3n) is 3.06. The van der Waals surface area contributed by atoms with Crippen molar-refractivity contribution >= 4 is 5.84 Å². The number of ether oxygens (including phenoxy) is 1. The number of amidine groups is 1. The number of nitrogens with one attached hydrogen (secondary N) is 1. The van der Waals surface area contributed by atoms with Crippen LogP contribution in [-0.2, 0) is 4.74 Å². The number of rotatable bonds is 4. The molecule has 0 aromatic carbocycles. The summed E-state index contributed by atoms with van der Waals surface area (Å²) in [5.41, 5.74) is -0.376. The Hall–Kier alpha value is -0.570. The maximum absolute atomic E-state index is 8.14. The molecular weight excluding hydrogens is 176 g/mol. The fourth-order valence-corrected chi connectivity index (χ4v) is 1.93. The number of likely N-dealkylation sites (tertiary alicyclic amines) is 1. The van der Waals surface area contributed by atoms with Gasteiger partial charge in [0, 0.05) is 19.7 Å². The van der Waals surface area contributed by atoms with Crippen molar-refractivity contribution in [2.24, 2.45) is 0 Å². The molecule has 0 radical (unpaired) electrons. The van der Waals surface area contributed by atoms with E-state index >= 15 is 0 Å². The molecule has 1 unspecified atom stereocenters. The summed E-state index contributed by atoms with van der Waals surface area (Å²) in [6.07, 6.45) is 3.30. The normalized spacial score (nSPS) is 20.9. The molecule has 1 aliphatic heterocycles. The summed E-state index contributed by atoms with van der Waals surface area (Å²) < 4.78 is 5.69. The minimum absolute atomic E-state index is 0.376. The van der Waals surface area contributed by atoms with E-state index in [1.807, 2.05) is 13.8 Å². The first kappa shape index (κ1) is 11.5. The summed E-state index contributed by atoms with van der Waals surface area (Å²) >= 11 is 0. The van der Waals surface area contributed by atoms with Gasteiger partial charge in [0.25, 0.3) is 0 Å². The molecule has 82 valence electrons. The van der Waals surface area contributed by atoms with E-state index in [1.165, 1.54) is 12.8 Å². The van der Waals surface area contributed by atoms with E-state index in [2.05, 4.69) is 11.8 Å². The van der Waals surface area contributed by atoms with E-state index in [9.17, 15) is 0 Å². The molecule has 0 aromatic rings. The van der Waals surface area contributed by atoms with Crippen LogP contribution in [0.5, 0.6) is 0 Å². The molecule has 3 heteroatoms. The van der Waals surface area contributed by atoms with Crippen LogP contribution in [-0.4, -0.2) is 36.0 Å². The van der Waals surface area contributed by atoms with Gasteiger partial charge >= 0.3 is 0 Å². The third-order valence-corrected chi connectivity index (χ3v) is 3.06. The van der Waals surface area contributed by atoms with Crippen LogP contribution in [0.15, 0.2) is 0 Å². The summed E-state index contributed by atoms with van der Waals surface area (Å²) in [5.74, 6) is 0.666. The van der Waals surface area contributed by atoms with Gasteiger partial charge in [-0.3, -0.25) is 5.41 Å². The first-order valence-electron chi connectivity index (χ1n) is 5.62. The van der Waals surface area contributed by atoms with Crippen molar-refractivity contribution in [2.45, 2.75) is 45.6 Å². The summed E-state index contributed by atoms with van der Waals surface area (Å²) in [6.45, 7) is 8.84. The van der Waals surface area contributed by atoms with E-state index in [-0.39, 0.29) is 5.60 Å². The Morgan fingerprint density at radius 1 is 1.36 bits per heavy atom. The van der Waals surface area contributed by atoms with Crippen molar-refractivity contribution in [3.05, 3.63) is 0 Å². The maximum atomic E-state index is 8.14. The Morgan fingerprint density at radius 2 is 1.93 bits per heavy atom. The average molecular weight is 198 g/mol. The predicted molar refractivity (Wildman–Crippen MR) is 58.9 cm³/mol. The molecule has 1 saturated heterocycles. The molecule has 1 heterocycles. The quantitative estimate of drug-likeness (QED) is 0.555.